The van der Waals surface area contributed by atoms with Crippen molar-refractivity contribution >= 4 is 27.2 Å². The molecule has 0 N–H and O–H groups in total. The van der Waals surface area contributed by atoms with Crippen LogP contribution in [0.5, 0.6) is 5.75 Å². The van der Waals surface area contributed by atoms with Gasteiger partial charge in [0, 0.05) is 12.3 Å². The predicted octanol–water partition coefficient (Wildman–Crippen LogP) is 1.05. The fraction of sp³-hybridized carbons (Fsp3) is 0.429. The van der Waals surface area contributed by atoms with Crippen molar-refractivity contribution in [2.75, 3.05) is 30.1 Å². The number of ketones is 1. The van der Waals surface area contributed by atoms with Gasteiger partial charge >= 0.3 is 0 Å². The summed E-state index contributed by atoms with van der Waals surface area (Å²) < 4.78 is 28.0. The summed E-state index contributed by atoms with van der Waals surface area (Å²) in [5.74, 6) is -0.611. The summed E-state index contributed by atoms with van der Waals surface area (Å²) in [6.07, 6.45) is 0.306. The highest BCUT2D eigenvalue weighted by Gasteiger charge is 2.35. The molecule has 2 rings (SSSR count). The fourth-order valence-corrected chi connectivity index (χ4v) is 3.07. The van der Waals surface area contributed by atoms with Crippen LogP contribution in [0.3, 0.4) is 0 Å². The second-order valence-electron chi connectivity index (χ2n) is 4.76. The van der Waals surface area contributed by atoms with Crippen molar-refractivity contribution in [3.63, 3.8) is 0 Å². The van der Waals surface area contributed by atoms with E-state index in [0.29, 0.717) is 23.4 Å². The lowest BCUT2D eigenvalue weighted by Crippen LogP contribution is -2.31. The molecule has 0 atom stereocenters. The van der Waals surface area contributed by atoms with Gasteiger partial charge in [-0.3, -0.25) is 9.59 Å². The molecule has 0 radical (unpaired) electrons. The topological polar surface area (TPSA) is 80.8 Å². The van der Waals surface area contributed by atoms with Crippen LogP contribution in [-0.2, 0) is 14.6 Å². The summed E-state index contributed by atoms with van der Waals surface area (Å²) in [5, 5.41) is 0. The third-order valence-corrected chi connectivity index (χ3v) is 5.25. The first-order valence-electron chi connectivity index (χ1n) is 6.64. The van der Waals surface area contributed by atoms with Gasteiger partial charge in [-0.25, -0.2) is 8.42 Å². The largest absolute Gasteiger partial charge is 0.497 e. The molecule has 114 valence electrons. The second-order valence-corrected chi connectivity index (χ2v) is 7.23. The van der Waals surface area contributed by atoms with Crippen LogP contribution in [0.2, 0.25) is 0 Å². The molecule has 0 unspecified atom stereocenters. The third kappa shape index (κ3) is 3.07. The number of anilines is 1. The number of ether oxygens (including phenoxy) is 1. The molecule has 0 fully saturated rings. The number of amides is 1. The first kappa shape index (κ1) is 15.5. The molecule has 0 spiro atoms. The van der Waals surface area contributed by atoms with Gasteiger partial charge in [-0.15, -0.1) is 0 Å². The minimum atomic E-state index is -3.07. The Morgan fingerprint density at radius 2 is 1.95 bits per heavy atom. The maximum absolute atomic E-state index is 12.0. The van der Waals surface area contributed by atoms with Crippen molar-refractivity contribution in [3.05, 3.63) is 23.8 Å². The smallest absolute Gasteiger partial charge is 0.299 e. The Bertz CT molecular complexity index is 681. The van der Waals surface area contributed by atoms with Gasteiger partial charge in [0.1, 0.15) is 15.6 Å². The van der Waals surface area contributed by atoms with Crippen LogP contribution in [0.1, 0.15) is 23.7 Å². The zero-order valence-corrected chi connectivity index (χ0v) is 12.8. The minimum absolute atomic E-state index is 0.00690. The van der Waals surface area contributed by atoms with E-state index in [-0.39, 0.29) is 18.1 Å². The molecule has 1 amide bonds. The number of benzene rings is 1. The lowest BCUT2D eigenvalue weighted by molar-refractivity contribution is -0.114. The monoisotopic (exact) mass is 311 g/mol. The Morgan fingerprint density at radius 3 is 2.57 bits per heavy atom. The van der Waals surface area contributed by atoms with Gasteiger partial charge in [0.25, 0.3) is 11.7 Å². The molecule has 1 heterocycles. The molecule has 0 aromatic heterocycles. The van der Waals surface area contributed by atoms with E-state index in [0.717, 1.165) is 0 Å². The normalized spacial score (nSPS) is 14.5. The van der Waals surface area contributed by atoms with Gasteiger partial charge < -0.3 is 9.64 Å². The summed E-state index contributed by atoms with van der Waals surface area (Å²) in [7, 11) is -1.59. The van der Waals surface area contributed by atoms with Crippen molar-refractivity contribution in [2.45, 2.75) is 13.3 Å². The van der Waals surface area contributed by atoms with Crippen molar-refractivity contribution < 1.29 is 22.7 Å². The minimum Gasteiger partial charge on any atom is -0.497 e. The van der Waals surface area contributed by atoms with Crippen molar-refractivity contribution in [1.82, 2.24) is 0 Å². The molecular formula is C14H17NO5S. The average Bonchev–Trinajstić information content (AvgIpc) is 2.71. The molecular weight excluding hydrogens is 294 g/mol. The Labute approximate surface area is 123 Å². The number of hydrogen-bond acceptors (Lipinski definition) is 5. The van der Waals surface area contributed by atoms with Crippen molar-refractivity contribution in [3.8, 4) is 5.75 Å². The number of nitrogens with zero attached hydrogens (tertiary/aromatic N) is 1. The summed E-state index contributed by atoms with van der Waals surface area (Å²) in [6.45, 7) is 1.80. The molecule has 0 bridgehead atoms. The molecule has 1 aromatic carbocycles. The molecule has 0 aliphatic carbocycles. The van der Waals surface area contributed by atoms with E-state index in [1.165, 1.54) is 18.1 Å². The van der Waals surface area contributed by atoms with E-state index in [1.807, 2.05) is 0 Å². The lowest BCUT2D eigenvalue weighted by atomic mass is 10.1. The first-order valence-corrected chi connectivity index (χ1v) is 8.46. The highest BCUT2D eigenvalue weighted by Crippen LogP contribution is 2.32. The first-order chi connectivity index (χ1) is 9.89. The number of carbonyl (C=O) groups is 2. The van der Waals surface area contributed by atoms with Gasteiger partial charge in [0.2, 0.25) is 0 Å². The van der Waals surface area contributed by atoms with Crippen LogP contribution in [0, 0.1) is 0 Å². The molecule has 1 aliphatic rings. The highest BCUT2D eigenvalue weighted by atomic mass is 32.2. The fourth-order valence-electron chi connectivity index (χ4n) is 2.22. The zero-order chi connectivity index (χ0) is 15.6. The maximum Gasteiger partial charge on any atom is 0.299 e. The molecule has 0 saturated carbocycles. The maximum atomic E-state index is 12.0. The van der Waals surface area contributed by atoms with E-state index in [1.54, 1.807) is 19.1 Å². The molecule has 7 heteroatoms. The molecule has 21 heavy (non-hydrogen) atoms. The van der Waals surface area contributed by atoms with Crippen LogP contribution < -0.4 is 9.64 Å². The number of rotatable bonds is 6. The van der Waals surface area contributed by atoms with Crippen LogP contribution in [0.25, 0.3) is 0 Å². The van der Waals surface area contributed by atoms with Gasteiger partial charge in [-0.05, 0) is 24.6 Å². The van der Waals surface area contributed by atoms with Crippen molar-refractivity contribution in [1.29, 1.82) is 0 Å². The molecule has 1 aromatic rings. The Kier molecular flexibility index (Phi) is 4.32. The van der Waals surface area contributed by atoms with Gasteiger partial charge in [-0.2, -0.15) is 0 Å². The summed E-state index contributed by atoms with van der Waals surface area (Å²) >= 11 is 0. The number of carbonyl (C=O) groups excluding carboxylic acids is 2. The Balaban J connectivity index is 2.16. The average molecular weight is 311 g/mol. The summed E-state index contributed by atoms with van der Waals surface area (Å²) in [6, 6.07) is 4.84. The molecule has 6 nitrogen and oxygen atoms in total. The van der Waals surface area contributed by atoms with Crippen LogP contribution in [-0.4, -0.2) is 45.3 Å². The van der Waals surface area contributed by atoms with E-state index < -0.39 is 21.5 Å². The van der Waals surface area contributed by atoms with Gasteiger partial charge in [0.15, 0.2) is 0 Å². The number of sulfone groups is 1. The van der Waals surface area contributed by atoms with Gasteiger partial charge in [0.05, 0.1) is 24.1 Å². The van der Waals surface area contributed by atoms with Gasteiger partial charge in [-0.1, -0.05) is 6.92 Å². The van der Waals surface area contributed by atoms with Crippen LogP contribution >= 0.6 is 0 Å². The number of Topliss-reactive ketones (excluding diaryl/α,β-unsaturated/α-hetero) is 1. The summed E-state index contributed by atoms with van der Waals surface area (Å²) in [5.41, 5.74) is 0.817. The number of methoxy groups -OCH3 is 1. The Morgan fingerprint density at radius 1 is 1.24 bits per heavy atom. The SMILES string of the molecule is CCS(=O)(=O)CCCN1C(=O)C(=O)c2cc(OC)ccc21. The second kappa shape index (κ2) is 5.85. The zero-order valence-electron chi connectivity index (χ0n) is 12.0. The standard InChI is InChI=1S/C14H17NO5S/c1-3-21(18,19)8-4-7-15-12-6-5-10(20-2)9-11(12)13(16)14(15)17/h5-6,9H,3-4,7-8H2,1-2H3. The van der Waals surface area contributed by atoms with E-state index in [9.17, 15) is 18.0 Å². The quantitative estimate of drug-likeness (QED) is 0.734. The number of fused-ring (bicyclic) bond motifs is 1. The van der Waals surface area contributed by atoms with Crippen LogP contribution in [0.15, 0.2) is 18.2 Å². The lowest BCUT2D eigenvalue weighted by Gasteiger charge is -2.16. The number of hydrogen-bond donors (Lipinski definition) is 0. The van der Waals surface area contributed by atoms with E-state index >= 15 is 0 Å². The van der Waals surface area contributed by atoms with E-state index in [2.05, 4.69) is 0 Å². The van der Waals surface area contributed by atoms with Crippen LogP contribution in [0.4, 0.5) is 5.69 Å². The van der Waals surface area contributed by atoms with E-state index in [4.69, 9.17) is 4.74 Å². The van der Waals surface area contributed by atoms with Crippen molar-refractivity contribution in [2.24, 2.45) is 0 Å². The summed E-state index contributed by atoms with van der Waals surface area (Å²) in [4.78, 5) is 25.2. The Hall–Kier alpha value is -1.89. The third-order valence-electron chi connectivity index (χ3n) is 3.46. The molecule has 1 aliphatic heterocycles. The predicted molar refractivity (Wildman–Crippen MR) is 78.6 cm³/mol. The highest BCUT2D eigenvalue weighted by molar-refractivity contribution is 7.91. The molecule has 0 saturated heterocycles.